The van der Waals surface area contributed by atoms with Gasteiger partial charge in [0.05, 0.1) is 17.1 Å². The second-order valence-corrected chi connectivity index (χ2v) is 9.97. The summed E-state index contributed by atoms with van der Waals surface area (Å²) >= 11 is 0. The van der Waals surface area contributed by atoms with Gasteiger partial charge >= 0.3 is 0 Å². The maximum absolute atomic E-state index is 4.76. The SMILES string of the molecule is C[C@H](Nc1nccc(-n2cnc3cc(NCC4CCCN4Cc4ccccc4)ccc32)n1)c1ccccc1. The molecule has 1 aliphatic heterocycles. The van der Waals surface area contributed by atoms with E-state index in [0.717, 1.165) is 42.2 Å². The van der Waals surface area contributed by atoms with Gasteiger partial charge in [0.2, 0.25) is 5.95 Å². The number of anilines is 2. The molecule has 0 aliphatic carbocycles. The topological polar surface area (TPSA) is 70.9 Å². The third-order valence-corrected chi connectivity index (χ3v) is 7.35. The lowest BCUT2D eigenvalue weighted by molar-refractivity contribution is 0.254. The molecule has 7 nitrogen and oxygen atoms in total. The molecule has 0 radical (unpaired) electrons. The zero-order valence-corrected chi connectivity index (χ0v) is 21.7. The van der Waals surface area contributed by atoms with Gasteiger partial charge in [-0.15, -0.1) is 0 Å². The second-order valence-electron chi connectivity index (χ2n) is 9.97. The number of imidazole rings is 1. The molecular weight excluding hydrogens is 470 g/mol. The number of likely N-dealkylation sites (tertiary alicyclic amines) is 1. The first-order valence-corrected chi connectivity index (χ1v) is 13.4. The van der Waals surface area contributed by atoms with Gasteiger partial charge in [-0.3, -0.25) is 9.47 Å². The predicted octanol–water partition coefficient (Wildman–Crippen LogP) is 6.07. The summed E-state index contributed by atoms with van der Waals surface area (Å²) in [5.41, 5.74) is 5.62. The first-order chi connectivity index (χ1) is 18.7. The summed E-state index contributed by atoms with van der Waals surface area (Å²) in [5, 5.41) is 7.07. The zero-order chi connectivity index (χ0) is 25.7. The Kier molecular flexibility index (Phi) is 7.00. The van der Waals surface area contributed by atoms with Gasteiger partial charge in [-0.2, -0.15) is 4.98 Å². The Labute approximate surface area is 223 Å². The number of hydrogen-bond donors (Lipinski definition) is 2. The van der Waals surface area contributed by atoms with E-state index in [0.29, 0.717) is 12.0 Å². The van der Waals surface area contributed by atoms with E-state index in [1.807, 2.05) is 35.2 Å². The molecule has 7 heteroatoms. The van der Waals surface area contributed by atoms with Gasteiger partial charge < -0.3 is 10.6 Å². The monoisotopic (exact) mass is 503 g/mol. The first-order valence-electron chi connectivity index (χ1n) is 13.4. The van der Waals surface area contributed by atoms with E-state index in [2.05, 4.69) is 93.1 Å². The molecule has 2 atom stereocenters. The Balaban J connectivity index is 1.13. The standard InChI is InChI=1S/C31H33N7/c1-23(25-11-6-3-7-12-25)35-31-32-17-16-30(36-31)38-22-34-28-19-26(14-15-29(28)38)33-20-27-13-8-18-37(27)21-24-9-4-2-5-10-24/h2-7,9-12,14-17,19,22-23,27,33H,8,13,18,20-21H2,1H3,(H,32,35,36)/t23-,27?/m0/s1. The highest BCUT2D eigenvalue weighted by atomic mass is 15.2. The highest BCUT2D eigenvalue weighted by Gasteiger charge is 2.24. The minimum Gasteiger partial charge on any atom is -0.383 e. The number of rotatable bonds is 9. The Morgan fingerprint density at radius 1 is 0.947 bits per heavy atom. The first kappa shape index (κ1) is 24.1. The minimum absolute atomic E-state index is 0.100. The molecular formula is C31H33N7. The van der Waals surface area contributed by atoms with E-state index in [1.54, 1.807) is 6.20 Å². The largest absolute Gasteiger partial charge is 0.383 e. The average Bonchev–Trinajstić information content (AvgIpc) is 3.59. The van der Waals surface area contributed by atoms with Crippen molar-refractivity contribution in [2.24, 2.45) is 0 Å². The van der Waals surface area contributed by atoms with Crippen LogP contribution in [0.1, 0.15) is 36.9 Å². The lowest BCUT2D eigenvalue weighted by atomic mass is 10.1. The molecule has 3 heterocycles. The second kappa shape index (κ2) is 11.0. The van der Waals surface area contributed by atoms with Crippen molar-refractivity contribution < 1.29 is 0 Å². The maximum atomic E-state index is 4.76. The van der Waals surface area contributed by atoms with Crippen LogP contribution in [0.2, 0.25) is 0 Å². The predicted molar refractivity (Wildman–Crippen MR) is 154 cm³/mol. The van der Waals surface area contributed by atoms with Crippen molar-refractivity contribution in [3.63, 3.8) is 0 Å². The number of aromatic nitrogens is 4. The van der Waals surface area contributed by atoms with Gasteiger partial charge in [-0.05, 0) is 61.7 Å². The Morgan fingerprint density at radius 2 is 1.76 bits per heavy atom. The molecule has 1 fully saturated rings. The van der Waals surface area contributed by atoms with Gasteiger partial charge in [0.1, 0.15) is 12.1 Å². The van der Waals surface area contributed by atoms with Crippen LogP contribution in [0.5, 0.6) is 0 Å². The average molecular weight is 504 g/mol. The van der Waals surface area contributed by atoms with Crippen molar-refractivity contribution in [2.75, 3.05) is 23.7 Å². The van der Waals surface area contributed by atoms with Gasteiger partial charge in [-0.1, -0.05) is 60.7 Å². The quantitative estimate of drug-likeness (QED) is 0.255. The van der Waals surface area contributed by atoms with Crippen molar-refractivity contribution in [2.45, 2.75) is 38.4 Å². The summed E-state index contributed by atoms with van der Waals surface area (Å²) in [6, 6.07) is 30.0. The van der Waals surface area contributed by atoms with Crippen molar-refractivity contribution in [3.8, 4) is 5.82 Å². The van der Waals surface area contributed by atoms with Crippen molar-refractivity contribution in [1.82, 2.24) is 24.4 Å². The Morgan fingerprint density at radius 3 is 2.61 bits per heavy atom. The maximum Gasteiger partial charge on any atom is 0.225 e. The van der Waals surface area contributed by atoms with E-state index in [-0.39, 0.29) is 6.04 Å². The minimum atomic E-state index is 0.100. The van der Waals surface area contributed by atoms with Gasteiger partial charge in [-0.25, -0.2) is 9.97 Å². The third kappa shape index (κ3) is 5.38. The summed E-state index contributed by atoms with van der Waals surface area (Å²) in [6.07, 6.45) is 6.10. The van der Waals surface area contributed by atoms with Crippen LogP contribution in [0.3, 0.4) is 0 Å². The molecule has 0 amide bonds. The summed E-state index contributed by atoms with van der Waals surface area (Å²) in [7, 11) is 0. The van der Waals surface area contributed by atoms with Crippen molar-refractivity contribution in [3.05, 3.63) is 109 Å². The zero-order valence-electron chi connectivity index (χ0n) is 21.7. The molecule has 38 heavy (non-hydrogen) atoms. The molecule has 5 aromatic rings. The molecule has 1 saturated heterocycles. The fourth-order valence-corrected chi connectivity index (χ4v) is 5.26. The fraction of sp³-hybridized carbons (Fsp3) is 0.258. The summed E-state index contributed by atoms with van der Waals surface area (Å²) < 4.78 is 2.01. The van der Waals surface area contributed by atoms with Crippen LogP contribution in [0.25, 0.3) is 16.9 Å². The van der Waals surface area contributed by atoms with E-state index >= 15 is 0 Å². The van der Waals surface area contributed by atoms with E-state index in [1.165, 1.54) is 24.0 Å². The summed E-state index contributed by atoms with van der Waals surface area (Å²) in [4.78, 5) is 16.5. The van der Waals surface area contributed by atoms with Crippen LogP contribution in [0, 0.1) is 0 Å². The van der Waals surface area contributed by atoms with E-state index < -0.39 is 0 Å². The number of benzene rings is 3. The molecule has 1 unspecified atom stereocenters. The fourth-order valence-electron chi connectivity index (χ4n) is 5.26. The number of fused-ring (bicyclic) bond motifs is 1. The highest BCUT2D eigenvalue weighted by Crippen LogP contribution is 2.24. The Hall–Kier alpha value is -4.23. The number of nitrogens with one attached hydrogen (secondary N) is 2. The molecule has 3 aromatic carbocycles. The van der Waals surface area contributed by atoms with Crippen LogP contribution in [-0.4, -0.2) is 43.6 Å². The van der Waals surface area contributed by atoms with Gasteiger partial charge in [0.15, 0.2) is 0 Å². The van der Waals surface area contributed by atoms with Crippen LogP contribution in [0.15, 0.2) is 97.5 Å². The lowest BCUT2D eigenvalue weighted by Gasteiger charge is -2.25. The van der Waals surface area contributed by atoms with Crippen molar-refractivity contribution >= 4 is 22.7 Å². The van der Waals surface area contributed by atoms with Crippen LogP contribution in [-0.2, 0) is 6.54 Å². The Bertz CT molecular complexity index is 1480. The van der Waals surface area contributed by atoms with Gasteiger partial charge in [0, 0.05) is 31.0 Å². The van der Waals surface area contributed by atoms with E-state index in [4.69, 9.17) is 4.98 Å². The number of hydrogen-bond acceptors (Lipinski definition) is 6. The molecule has 2 N–H and O–H groups in total. The normalized spacial score (nSPS) is 16.5. The molecule has 0 spiro atoms. The summed E-state index contributed by atoms with van der Waals surface area (Å²) in [5.74, 6) is 1.38. The molecule has 0 bridgehead atoms. The van der Waals surface area contributed by atoms with Crippen LogP contribution < -0.4 is 10.6 Å². The molecule has 2 aromatic heterocycles. The number of nitrogens with zero attached hydrogens (tertiary/aromatic N) is 5. The molecule has 6 rings (SSSR count). The summed E-state index contributed by atoms with van der Waals surface area (Å²) in [6.45, 7) is 5.21. The molecule has 192 valence electrons. The smallest absolute Gasteiger partial charge is 0.225 e. The van der Waals surface area contributed by atoms with E-state index in [9.17, 15) is 0 Å². The van der Waals surface area contributed by atoms with Crippen molar-refractivity contribution in [1.29, 1.82) is 0 Å². The van der Waals surface area contributed by atoms with Crippen LogP contribution in [0.4, 0.5) is 11.6 Å². The van der Waals surface area contributed by atoms with Gasteiger partial charge in [0.25, 0.3) is 0 Å². The lowest BCUT2D eigenvalue weighted by Crippen LogP contribution is -2.34. The molecule has 1 aliphatic rings. The highest BCUT2D eigenvalue weighted by molar-refractivity contribution is 5.81. The molecule has 0 saturated carbocycles. The third-order valence-electron chi connectivity index (χ3n) is 7.35. The van der Waals surface area contributed by atoms with Crippen LogP contribution >= 0.6 is 0 Å².